The summed E-state index contributed by atoms with van der Waals surface area (Å²) in [6.07, 6.45) is 3.43. The van der Waals surface area contributed by atoms with Gasteiger partial charge in [-0.05, 0) is 35.9 Å². The van der Waals surface area contributed by atoms with Crippen molar-refractivity contribution < 1.29 is 14.3 Å². The highest BCUT2D eigenvalue weighted by molar-refractivity contribution is 8.26. The van der Waals surface area contributed by atoms with E-state index in [1.165, 1.54) is 16.7 Å². The quantitative estimate of drug-likeness (QED) is 0.286. The van der Waals surface area contributed by atoms with Crippen molar-refractivity contribution in [2.75, 3.05) is 13.7 Å². The Morgan fingerprint density at radius 3 is 2.69 bits per heavy atom. The minimum atomic E-state index is -0.128. The Morgan fingerprint density at radius 2 is 2.00 bits per heavy atom. The van der Waals surface area contributed by atoms with Crippen LogP contribution in [-0.2, 0) is 11.4 Å². The summed E-state index contributed by atoms with van der Waals surface area (Å²) in [6, 6.07) is 10.7. The second-order valence-corrected chi connectivity index (χ2v) is 8.54. The monoisotopic (exact) mass is 465 g/mol. The maximum Gasteiger partial charge on any atom is 0.266 e. The number of carbonyl (C=O) groups excluding carboxylic acids is 1. The average molecular weight is 466 g/mol. The first kappa shape index (κ1) is 21.7. The van der Waals surface area contributed by atoms with Crippen molar-refractivity contribution in [1.82, 2.24) is 4.90 Å². The fourth-order valence-corrected chi connectivity index (χ4v) is 4.36. The van der Waals surface area contributed by atoms with E-state index in [0.717, 1.165) is 11.1 Å². The van der Waals surface area contributed by atoms with Crippen LogP contribution in [0.4, 0.5) is 0 Å². The van der Waals surface area contributed by atoms with Crippen LogP contribution >= 0.6 is 47.2 Å². The van der Waals surface area contributed by atoms with Crippen molar-refractivity contribution in [1.29, 1.82) is 0 Å². The number of benzene rings is 2. The van der Waals surface area contributed by atoms with Crippen molar-refractivity contribution in [3.8, 4) is 11.5 Å². The largest absolute Gasteiger partial charge is 0.493 e. The zero-order valence-electron chi connectivity index (χ0n) is 15.5. The normalized spacial score (nSPS) is 15.1. The van der Waals surface area contributed by atoms with Crippen LogP contribution in [0, 0.1) is 0 Å². The molecule has 0 bridgehead atoms. The van der Waals surface area contributed by atoms with Crippen LogP contribution in [0.15, 0.2) is 54.0 Å². The Morgan fingerprint density at radius 1 is 1.21 bits per heavy atom. The van der Waals surface area contributed by atoms with Crippen LogP contribution in [0.5, 0.6) is 11.5 Å². The van der Waals surface area contributed by atoms with Crippen LogP contribution < -0.4 is 9.47 Å². The molecule has 3 rings (SSSR count). The molecule has 8 heteroatoms. The molecule has 1 heterocycles. The summed E-state index contributed by atoms with van der Waals surface area (Å²) < 4.78 is 11.8. The first-order valence-electron chi connectivity index (χ1n) is 8.54. The van der Waals surface area contributed by atoms with E-state index in [1.54, 1.807) is 43.5 Å². The highest BCUT2D eigenvalue weighted by Gasteiger charge is 2.31. The Bertz CT molecular complexity index is 1010. The van der Waals surface area contributed by atoms with Gasteiger partial charge < -0.3 is 9.47 Å². The van der Waals surface area contributed by atoms with E-state index in [4.69, 9.17) is 44.9 Å². The lowest BCUT2D eigenvalue weighted by Crippen LogP contribution is -2.27. The Balaban J connectivity index is 1.77. The molecule has 4 nitrogen and oxygen atoms in total. The molecule has 0 unspecified atom stereocenters. The molecule has 0 N–H and O–H groups in total. The molecular formula is C21H17Cl2NO3S2. The van der Waals surface area contributed by atoms with E-state index in [1.807, 2.05) is 12.1 Å². The van der Waals surface area contributed by atoms with Gasteiger partial charge in [-0.25, -0.2) is 0 Å². The van der Waals surface area contributed by atoms with Crippen molar-refractivity contribution in [2.45, 2.75) is 6.61 Å². The van der Waals surface area contributed by atoms with E-state index in [-0.39, 0.29) is 12.5 Å². The van der Waals surface area contributed by atoms with Crippen LogP contribution in [0.2, 0.25) is 10.0 Å². The van der Waals surface area contributed by atoms with Gasteiger partial charge in [0.05, 0.1) is 12.0 Å². The molecule has 0 radical (unpaired) electrons. The van der Waals surface area contributed by atoms with Crippen LogP contribution in [0.1, 0.15) is 11.1 Å². The van der Waals surface area contributed by atoms with Gasteiger partial charge >= 0.3 is 0 Å². The number of halogens is 2. The Kier molecular flexibility index (Phi) is 7.24. The second kappa shape index (κ2) is 9.67. The number of hydrogen-bond acceptors (Lipinski definition) is 5. The van der Waals surface area contributed by atoms with Crippen LogP contribution in [0.3, 0.4) is 0 Å². The molecule has 0 saturated carbocycles. The summed E-state index contributed by atoms with van der Waals surface area (Å²) in [5.41, 5.74) is 1.62. The highest BCUT2D eigenvalue weighted by atomic mass is 35.5. The van der Waals surface area contributed by atoms with Gasteiger partial charge in [0.2, 0.25) is 0 Å². The maximum atomic E-state index is 12.5. The van der Waals surface area contributed by atoms with Gasteiger partial charge in [0, 0.05) is 22.2 Å². The highest BCUT2D eigenvalue weighted by Crippen LogP contribution is 2.35. The second-order valence-electron chi connectivity index (χ2n) is 6.02. The lowest BCUT2D eigenvalue weighted by Gasteiger charge is -2.12. The molecule has 2 aromatic rings. The summed E-state index contributed by atoms with van der Waals surface area (Å²) in [7, 11) is 1.56. The van der Waals surface area contributed by atoms with Gasteiger partial charge in [0.1, 0.15) is 10.9 Å². The minimum absolute atomic E-state index is 0.128. The van der Waals surface area contributed by atoms with Gasteiger partial charge in [-0.15, -0.1) is 6.58 Å². The van der Waals surface area contributed by atoms with Gasteiger partial charge in [0.15, 0.2) is 11.5 Å². The molecule has 0 aromatic heterocycles. The smallest absolute Gasteiger partial charge is 0.266 e. The van der Waals surface area contributed by atoms with Crippen molar-refractivity contribution in [3.05, 3.63) is 75.1 Å². The van der Waals surface area contributed by atoms with Crippen molar-refractivity contribution in [2.24, 2.45) is 0 Å². The molecule has 0 aliphatic carbocycles. The maximum absolute atomic E-state index is 12.5. The average Bonchev–Trinajstić information content (AvgIpc) is 2.95. The summed E-state index contributed by atoms with van der Waals surface area (Å²) >= 11 is 18.6. The predicted molar refractivity (Wildman–Crippen MR) is 124 cm³/mol. The molecule has 2 aromatic carbocycles. The minimum Gasteiger partial charge on any atom is -0.493 e. The molecule has 0 atom stereocenters. The summed E-state index contributed by atoms with van der Waals surface area (Å²) in [4.78, 5) is 14.5. The summed E-state index contributed by atoms with van der Waals surface area (Å²) in [5.74, 6) is 0.983. The van der Waals surface area contributed by atoms with Crippen LogP contribution in [0.25, 0.3) is 6.08 Å². The number of ether oxygens (including phenoxy) is 2. The lowest BCUT2D eigenvalue weighted by atomic mass is 10.1. The van der Waals surface area contributed by atoms with Gasteiger partial charge in [0.25, 0.3) is 5.91 Å². The number of rotatable bonds is 7. The lowest BCUT2D eigenvalue weighted by molar-refractivity contribution is -0.121. The third kappa shape index (κ3) is 5.14. The van der Waals surface area contributed by atoms with E-state index in [0.29, 0.717) is 37.3 Å². The van der Waals surface area contributed by atoms with Gasteiger partial charge in [-0.2, -0.15) is 0 Å². The number of nitrogens with zero attached hydrogens (tertiary/aromatic N) is 1. The van der Waals surface area contributed by atoms with E-state index in [2.05, 4.69) is 6.58 Å². The Labute approximate surface area is 189 Å². The molecule has 1 fully saturated rings. The SMILES string of the molecule is C=CCN1C(=O)/C(=C/c2ccc(OCc3ccc(Cl)cc3Cl)c(OC)c2)SC1=S. The Hall–Kier alpha value is -1.99. The number of thiocarbonyl (C=S) groups is 1. The van der Waals surface area contributed by atoms with E-state index >= 15 is 0 Å². The number of amides is 1. The number of carbonyl (C=O) groups is 1. The number of hydrogen-bond donors (Lipinski definition) is 0. The standard InChI is InChI=1S/C21H17Cl2NO3S2/c1-3-8-24-20(25)19(29-21(24)28)10-13-4-7-17(18(9-13)26-2)27-12-14-5-6-15(22)11-16(14)23/h3-7,9-11H,1,8,12H2,2H3/b19-10-. The third-order valence-electron chi connectivity index (χ3n) is 4.07. The zero-order valence-corrected chi connectivity index (χ0v) is 18.6. The summed E-state index contributed by atoms with van der Waals surface area (Å²) in [6.45, 7) is 4.32. The van der Waals surface area contributed by atoms with Crippen molar-refractivity contribution >= 4 is 63.5 Å². The fourth-order valence-electron chi connectivity index (χ4n) is 2.63. The zero-order chi connectivity index (χ0) is 21.0. The van der Waals surface area contributed by atoms with Gasteiger partial charge in [-0.3, -0.25) is 9.69 Å². The van der Waals surface area contributed by atoms with E-state index in [9.17, 15) is 4.79 Å². The predicted octanol–water partition coefficient (Wildman–Crippen LogP) is 5.97. The third-order valence-corrected chi connectivity index (χ3v) is 6.03. The molecular weight excluding hydrogens is 449 g/mol. The first-order valence-corrected chi connectivity index (χ1v) is 10.5. The molecule has 1 amide bonds. The fraction of sp³-hybridized carbons (Fsp3) is 0.143. The number of methoxy groups -OCH3 is 1. The molecule has 150 valence electrons. The molecule has 1 aliphatic heterocycles. The molecule has 1 aliphatic rings. The van der Waals surface area contributed by atoms with E-state index < -0.39 is 0 Å². The first-order chi connectivity index (χ1) is 13.9. The topological polar surface area (TPSA) is 38.8 Å². The summed E-state index contributed by atoms with van der Waals surface area (Å²) in [5, 5.41) is 1.11. The number of thioether (sulfide) groups is 1. The molecule has 29 heavy (non-hydrogen) atoms. The van der Waals surface area contributed by atoms with Crippen LogP contribution in [-0.4, -0.2) is 28.8 Å². The van der Waals surface area contributed by atoms with Gasteiger partial charge in [-0.1, -0.05) is 65.4 Å². The van der Waals surface area contributed by atoms with Crippen molar-refractivity contribution in [3.63, 3.8) is 0 Å². The molecule has 0 spiro atoms. The molecule has 1 saturated heterocycles.